The van der Waals surface area contributed by atoms with Crippen molar-refractivity contribution in [3.8, 4) is 0 Å². The van der Waals surface area contributed by atoms with Crippen molar-refractivity contribution in [2.45, 2.75) is 39.5 Å². The van der Waals surface area contributed by atoms with Gasteiger partial charge in [0.25, 0.3) is 0 Å². The third-order valence-corrected chi connectivity index (χ3v) is 4.87. The summed E-state index contributed by atoms with van der Waals surface area (Å²) in [5.41, 5.74) is 2.06. The quantitative estimate of drug-likeness (QED) is 0.743. The largest absolute Gasteiger partial charge is 0.351 e. The van der Waals surface area contributed by atoms with Gasteiger partial charge >= 0.3 is 0 Å². The van der Waals surface area contributed by atoms with Crippen LogP contribution in [-0.2, 0) is 26.0 Å². The minimum atomic E-state index is -3.28. The van der Waals surface area contributed by atoms with Crippen molar-refractivity contribution in [2.75, 3.05) is 32.6 Å². The summed E-state index contributed by atoms with van der Waals surface area (Å²) in [5, 5.41) is 4.38. The van der Waals surface area contributed by atoms with Crippen molar-refractivity contribution in [1.82, 2.24) is 14.1 Å². The molecule has 7 nitrogen and oxygen atoms in total. The molecule has 8 heteroatoms. The van der Waals surface area contributed by atoms with Crippen LogP contribution in [0.2, 0.25) is 0 Å². The summed E-state index contributed by atoms with van der Waals surface area (Å²) in [6, 6.07) is 2.01. The molecule has 0 unspecified atom stereocenters. The van der Waals surface area contributed by atoms with Crippen molar-refractivity contribution in [1.29, 1.82) is 0 Å². The first-order chi connectivity index (χ1) is 10.4. The molecular formula is C14H25N3O4S. The summed E-state index contributed by atoms with van der Waals surface area (Å²) in [6.45, 7) is 6.55. The molecule has 0 amide bonds. The van der Waals surface area contributed by atoms with Gasteiger partial charge in [-0.15, -0.1) is 0 Å². The van der Waals surface area contributed by atoms with Crippen LogP contribution >= 0.6 is 0 Å². The topological polar surface area (TPSA) is 73.7 Å². The van der Waals surface area contributed by atoms with E-state index in [2.05, 4.69) is 5.10 Å². The van der Waals surface area contributed by atoms with Gasteiger partial charge in [-0.05, 0) is 32.8 Å². The van der Waals surface area contributed by atoms with E-state index in [0.29, 0.717) is 32.7 Å². The Morgan fingerprint density at radius 3 is 2.59 bits per heavy atom. The van der Waals surface area contributed by atoms with Crippen LogP contribution in [0.15, 0.2) is 6.07 Å². The van der Waals surface area contributed by atoms with Gasteiger partial charge in [-0.3, -0.25) is 4.68 Å². The minimum absolute atomic E-state index is 0.246. The lowest BCUT2D eigenvalue weighted by atomic mass is 10.3. The molecule has 1 aromatic rings. The molecule has 0 N–H and O–H groups in total. The molecule has 0 atom stereocenters. The molecular weight excluding hydrogens is 306 g/mol. The number of hydrogen-bond donors (Lipinski definition) is 0. The van der Waals surface area contributed by atoms with E-state index < -0.39 is 16.3 Å². The van der Waals surface area contributed by atoms with Gasteiger partial charge in [-0.1, -0.05) is 0 Å². The van der Waals surface area contributed by atoms with Crippen LogP contribution < -0.4 is 0 Å². The Hall–Kier alpha value is -0.960. The van der Waals surface area contributed by atoms with Crippen LogP contribution in [0.25, 0.3) is 0 Å². The van der Waals surface area contributed by atoms with Crippen LogP contribution in [0.1, 0.15) is 24.2 Å². The van der Waals surface area contributed by atoms with Crippen molar-refractivity contribution in [3.05, 3.63) is 17.5 Å². The first kappa shape index (κ1) is 17.4. The predicted molar refractivity (Wildman–Crippen MR) is 83.0 cm³/mol. The number of aryl methyl sites for hydroxylation is 3. The molecule has 2 rings (SSSR count). The van der Waals surface area contributed by atoms with Crippen LogP contribution in [0, 0.1) is 13.8 Å². The number of aromatic nitrogens is 2. The third kappa shape index (κ3) is 5.05. The highest BCUT2D eigenvalue weighted by molar-refractivity contribution is 7.88. The monoisotopic (exact) mass is 331 g/mol. The number of sulfonamides is 1. The predicted octanol–water partition coefficient (Wildman–Crippen LogP) is 0.915. The van der Waals surface area contributed by atoms with E-state index in [1.165, 1.54) is 10.6 Å². The maximum absolute atomic E-state index is 11.9. The molecule has 0 aromatic carbocycles. The molecule has 2 heterocycles. The lowest BCUT2D eigenvalue weighted by Gasteiger charge is -2.28. The second-order valence-electron chi connectivity index (χ2n) is 5.65. The zero-order chi connectivity index (χ0) is 16.2. The molecule has 1 aromatic heterocycles. The number of nitrogens with zero attached hydrogens (tertiary/aromatic N) is 3. The fraction of sp³-hybridized carbons (Fsp3) is 0.786. The van der Waals surface area contributed by atoms with E-state index in [1.54, 1.807) is 0 Å². The zero-order valence-electron chi connectivity index (χ0n) is 13.5. The number of hydrogen-bond acceptors (Lipinski definition) is 5. The zero-order valence-corrected chi connectivity index (χ0v) is 14.3. The van der Waals surface area contributed by atoms with E-state index in [0.717, 1.165) is 17.8 Å². The van der Waals surface area contributed by atoms with E-state index >= 15 is 0 Å². The van der Waals surface area contributed by atoms with Crippen molar-refractivity contribution < 1.29 is 17.9 Å². The molecule has 22 heavy (non-hydrogen) atoms. The molecule has 0 aliphatic carbocycles. The average Bonchev–Trinajstić information content (AvgIpc) is 2.76. The minimum Gasteiger partial charge on any atom is -0.351 e. The summed E-state index contributed by atoms with van der Waals surface area (Å²) >= 11 is 0. The van der Waals surface area contributed by atoms with E-state index in [1.807, 2.05) is 24.6 Å². The van der Waals surface area contributed by atoms with Crippen LogP contribution in [0.5, 0.6) is 0 Å². The Bertz CT molecular complexity index is 579. The van der Waals surface area contributed by atoms with Gasteiger partial charge in [0, 0.05) is 18.8 Å². The van der Waals surface area contributed by atoms with Gasteiger partial charge in [-0.25, -0.2) is 8.42 Å². The third-order valence-electron chi connectivity index (χ3n) is 3.60. The molecule has 1 saturated heterocycles. The maximum atomic E-state index is 11.9. The summed E-state index contributed by atoms with van der Waals surface area (Å²) in [5.74, 6) is 0. The molecule has 0 spiro atoms. The van der Waals surface area contributed by atoms with E-state index in [-0.39, 0.29) is 6.54 Å². The second-order valence-corrected chi connectivity index (χ2v) is 7.63. The van der Waals surface area contributed by atoms with Gasteiger partial charge in [0.1, 0.15) is 0 Å². The Kier molecular flexibility index (Phi) is 5.96. The van der Waals surface area contributed by atoms with Crippen LogP contribution in [0.3, 0.4) is 0 Å². The standard InChI is InChI=1S/C14H25N3O4S/c1-12-10-13(2)17(15-12)7-4-6-16(22(3,18)19)11-14-20-8-5-9-21-14/h10,14H,4-9,11H2,1-3H3. The summed E-state index contributed by atoms with van der Waals surface area (Å²) < 4.78 is 38.0. The lowest BCUT2D eigenvalue weighted by Crippen LogP contribution is -2.41. The van der Waals surface area contributed by atoms with E-state index in [9.17, 15) is 8.42 Å². The first-order valence-electron chi connectivity index (χ1n) is 7.55. The SMILES string of the molecule is Cc1cc(C)n(CCCN(CC2OCCCO2)S(C)(=O)=O)n1. The van der Waals surface area contributed by atoms with Crippen LogP contribution in [0.4, 0.5) is 0 Å². The molecule has 1 aliphatic rings. The first-order valence-corrected chi connectivity index (χ1v) is 9.40. The molecule has 0 bridgehead atoms. The van der Waals surface area contributed by atoms with Crippen LogP contribution in [-0.4, -0.2) is 61.4 Å². The fourth-order valence-corrected chi connectivity index (χ4v) is 3.35. The normalized spacial score (nSPS) is 17.3. The molecule has 0 radical (unpaired) electrons. The maximum Gasteiger partial charge on any atom is 0.211 e. The summed E-state index contributed by atoms with van der Waals surface area (Å²) in [7, 11) is -3.28. The van der Waals surface area contributed by atoms with Crippen molar-refractivity contribution in [3.63, 3.8) is 0 Å². The average molecular weight is 331 g/mol. The molecule has 0 saturated carbocycles. The summed E-state index contributed by atoms with van der Waals surface area (Å²) in [4.78, 5) is 0. The van der Waals surface area contributed by atoms with Gasteiger partial charge < -0.3 is 9.47 Å². The van der Waals surface area contributed by atoms with Gasteiger partial charge in [0.15, 0.2) is 6.29 Å². The lowest BCUT2D eigenvalue weighted by molar-refractivity contribution is -0.181. The fourth-order valence-electron chi connectivity index (χ4n) is 2.50. The number of ether oxygens (including phenoxy) is 2. The summed E-state index contributed by atoms with van der Waals surface area (Å²) in [6.07, 6.45) is 2.31. The molecule has 1 fully saturated rings. The second kappa shape index (κ2) is 7.54. The Morgan fingerprint density at radius 2 is 2.05 bits per heavy atom. The highest BCUT2D eigenvalue weighted by Crippen LogP contribution is 2.11. The van der Waals surface area contributed by atoms with Crippen molar-refractivity contribution in [2.24, 2.45) is 0 Å². The highest BCUT2D eigenvalue weighted by Gasteiger charge is 2.24. The Labute approximate surface area is 132 Å². The van der Waals surface area contributed by atoms with Gasteiger partial charge in [0.2, 0.25) is 10.0 Å². The number of rotatable bonds is 7. The van der Waals surface area contributed by atoms with Crippen molar-refractivity contribution >= 4 is 10.0 Å². The van der Waals surface area contributed by atoms with Gasteiger partial charge in [0.05, 0.1) is 31.7 Å². The van der Waals surface area contributed by atoms with E-state index in [4.69, 9.17) is 9.47 Å². The smallest absolute Gasteiger partial charge is 0.211 e. The molecule has 126 valence electrons. The van der Waals surface area contributed by atoms with Gasteiger partial charge in [-0.2, -0.15) is 9.40 Å². The Morgan fingerprint density at radius 1 is 1.36 bits per heavy atom. The Balaban J connectivity index is 1.88. The highest BCUT2D eigenvalue weighted by atomic mass is 32.2. The molecule has 1 aliphatic heterocycles.